The summed E-state index contributed by atoms with van der Waals surface area (Å²) in [4.78, 5) is 0. The lowest BCUT2D eigenvalue weighted by Crippen LogP contribution is -2.09. The average Bonchev–Trinajstić information content (AvgIpc) is 2.56. The Kier molecular flexibility index (Phi) is 203. The Balaban J connectivity index is -0.0000000243. The number of hydrogen-bond acceptors (Lipinski definition) is 3. The summed E-state index contributed by atoms with van der Waals surface area (Å²) in [6.07, 6.45) is 0.750. The molecule has 2 N–H and O–H groups in total. The third kappa shape index (κ3) is 399. The molecule has 3 heteroatoms. The molecule has 0 radical (unpaired) electrons. The Morgan fingerprint density at radius 2 is 0.714 bits per heavy atom. The molecule has 3 nitrogen and oxygen atoms in total. The van der Waals surface area contributed by atoms with Crippen LogP contribution >= 0.6 is 0 Å². The van der Waals surface area contributed by atoms with E-state index in [1.165, 1.54) is 0 Å². The molecule has 0 amide bonds. The molecule has 0 aromatic carbocycles. The van der Waals surface area contributed by atoms with Crippen molar-refractivity contribution in [1.29, 1.82) is 0 Å². The lowest BCUT2D eigenvalue weighted by molar-refractivity contribution is 0.0300. The predicted molar refractivity (Wildman–Crippen MR) is 102 cm³/mol. The SMILES string of the molecule is C=C.C=C.C=C.C=C.C=C.CC(C)OC(C)C.OCCO. The van der Waals surface area contributed by atoms with Gasteiger partial charge in [-0.3, -0.25) is 0 Å². The topological polar surface area (TPSA) is 49.7 Å². The highest BCUT2D eigenvalue weighted by atomic mass is 16.5. The quantitative estimate of drug-likeness (QED) is 0.736. The molecule has 0 rings (SSSR count). The van der Waals surface area contributed by atoms with E-state index in [1.807, 2.05) is 27.7 Å². The van der Waals surface area contributed by atoms with Gasteiger partial charge in [-0.05, 0) is 27.7 Å². The van der Waals surface area contributed by atoms with Crippen LogP contribution < -0.4 is 0 Å². The van der Waals surface area contributed by atoms with Gasteiger partial charge in [0.25, 0.3) is 0 Å². The van der Waals surface area contributed by atoms with Crippen LogP contribution in [0.15, 0.2) is 65.8 Å². The summed E-state index contributed by atoms with van der Waals surface area (Å²) < 4.78 is 5.25. The molecule has 0 fully saturated rings. The number of hydrogen-bond donors (Lipinski definition) is 2. The highest BCUT2D eigenvalue weighted by Gasteiger charge is 1.94. The van der Waals surface area contributed by atoms with E-state index in [1.54, 1.807) is 0 Å². The van der Waals surface area contributed by atoms with Gasteiger partial charge in [-0.25, -0.2) is 0 Å². The van der Waals surface area contributed by atoms with E-state index < -0.39 is 0 Å². The van der Waals surface area contributed by atoms with E-state index in [0.29, 0.717) is 12.2 Å². The van der Waals surface area contributed by atoms with Crippen LogP contribution in [-0.2, 0) is 4.74 Å². The van der Waals surface area contributed by atoms with Crippen molar-refractivity contribution >= 4 is 0 Å². The van der Waals surface area contributed by atoms with Gasteiger partial charge in [0.15, 0.2) is 0 Å². The maximum Gasteiger partial charge on any atom is 0.0662 e. The minimum absolute atomic E-state index is 0.125. The van der Waals surface area contributed by atoms with Gasteiger partial charge in [-0.1, -0.05) is 0 Å². The summed E-state index contributed by atoms with van der Waals surface area (Å²) in [6.45, 7) is 37.9. The Morgan fingerprint density at radius 3 is 0.714 bits per heavy atom. The number of aliphatic hydroxyl groups is 2. The fourth-order valence-corrected chi connectivity index (χ4v) is 0.544. The van der Waals surface area contributed by atoms with Crippen LogP contribution in [0.1, 0.15) is 27.7 Å². The summed E-state index contributed by atoms with van der Waals surface area (Å²) in [5, 5.41) is 15.2. The Morgan fingerprint density at radius 1 is 0.571 bits per heavy atom. The smallest absolute Gasteiger partial charge is 0.0662 e. The molecule has 0 aliphatic heterocycles. The molecule has 0 aliphatic rings. The summed E-state index contributed by atoms with van der Waals surface area (Å²) in [5.74, 6) is 0. The van der Waals surface area contributed by atoms with Crippen molar-refractivity contribution in [2.24, 2.45) is 0 Å². The van der Waals surface area contributed by atoms with Gasteiger partial charge in [0.1, 0.15) is 0 Å². The molecule has 0 saturated carbocycles. The van der Waals surface area contributed by atoms with E-state index in [9.17, 15) is 0 Å². The van der Waals surface area contributed by atoms with E-state index in [0.717, 1.165) is 0 Å². The van der Waals surface area contributed by atoms with Crippen molar-refractivity contribution < 1.29 is 14.9 Å². The largest absolute Gasteiger partial charge is 0.394 e. The second-order valence-electron chi connectivity index (χ2n) is 2.68. The molecule has 0 bridgehead atoms. The molecule has 0 unspecified atom stereocenters. The Hall–Kier alpha value is -1.42. The van der Waals surface area contributed by atoms with Crippen molar-refractivity contribution in [3.8, 4) is 0 Å². The van der Waals surface area contributed by atoms with E-state index in [-0.39, 0.29) is 13.2 Å². The first-order valence-electron chi connectivity index (χ1n) is 6.41. The van der Waals surface area contributed by atoms with Gasteiger partial charge in [-0.2, -0.15) is 0 Å². The van der Waals surface area contributed by atoms with Crippen LogP contribution in [0.4, 0.5) is 0 Å². The van der Waals surface area contributed by atoms with Crippen molar-refractivity contribution in [3.63, 3.8) is 0 Å². The molecule has 0 aromatic rings. The van der Waals surface area contributed by atoms with E-state index in [4.69, 9.17) is 14.9 Å². The third-order valence-electron chi connectivity index (χ3n) is 0.644. The van der Waals surface area contributed by atoms with Crippen LogP contribution in [-0.4, -0.2) is 35.6 Å². The molecule has 0 aliphatic carbocycles. The lowest BCUT2D eigenvalue weighted by Gasteiger charge is -2.09. The van der Waals surface area contributed by atoms with Crippen molar-refractivity contribution in [3.05, 3.63) is 65.8 Å². The first-order valence-corrected chi connectivity index (χ1v) is 6.41. The second kappa shape index (κ2) is 99.9. The van der Waals surface area contributed by atoms with Gasteiger partial charge in [0, 0.05) is 0 Å². The molecular formula is C18H40O3. The van der Waals surface area contributed by atoms with Gasteiger partial charge in [0.05, 0.1) is 25.4 Å². The van der Waals surface area contributed by atoms with E-state index in [2.05, 4.69) is 65.8 Å². The zero-order valence-electron chi connectivity index (χ0n) is 14.9. The first-order chi connectivity index (χ1) is 10.0. The number of rotatable bonds is 3. The third-order valence-corrected chi connectivity index (χ3v) is 0.644. The van der Waals surface area contributed by atoms with Crippen LogP contribution in [0.3, 0.4) is 0 Å². The van der Waals surface area contributed by atoms with Crippen LogP contribution in [0.25, 0.3) is 0 Å². The Bertz CT molecular complexity index is 95.4. The van der Waals surface area contributed by atoms with Gasteiger partial charge < -0.3 is 14.9 Å². The van der Waals surface area contributed by atoms with E-state index >= 15 is 0 Å². The molecule has 0 heterocycles. The predicted octanol–water partition coefficient (Wildman–Crippen LogP) is 4.80. The number of ether oxygens (including phenoxy) is 1. The fourth-order valence-electron chi connectivity index (χ4n) is 0.544. The first kappa shape index (κ1) is 42.7. The molecule has 0 aromatic heterocycles. The van der Waals surface area contributed by atoms with Crippen LogP contribution in [0.2, 0.25) is 0 Å². The van der Waals surface area contributed by atoms with Crippen molar-refractivity contribution in [1.82, 2.24) is 0 Å². The zero-order valence-corrected chi connectivity index (χ0v) is 14.9. The van der Waals surface area contributed by atoms with Crippen LogP contribution in [0, 0.1) is 0 Å². The second-order valence-corrected chi connectivity index (χ2v) is 2.68. The minimum atomic E-state index is -0.125. The normalized spacial score (nSPS) is 6.10. The van der Waals surface area contributed by atoms with Crippen molar-refractivity contribution in [2.45, 2.75) is 39.9 Å². The van der Waals surface area contributed by atoms with Gasteiger partial charge in [0.2, 0.25) is 0 Å². The summed E-state index contributed by atoms with van der Waals surface area (Å²) in [7, 11) is 0. The maximum absolute atomic E-state index is 7.62. The monoisotopic (exact) mass is 304 g/mol. The molecule has 21 heavy (non-hydrogen) atoms. The lowest BCUT2D eigenvalue weighted by atomic mass is 10.4. The average molecular weight is 305 g/mol. The molecule has 130 valence electrons. The highest BCUT2D eigenvalue weighted by molar-refractivity contribution is 4.40. The zero-order chi connectivity index (χ0) is 19.3. The summed E-state index contributed by atoms with van der Waals surface area (Å²) in [5.41, 5.74) is 0. The fraction of sp³-hybridized carbons (Fsp3) is 0.444. The van der Waals surface area contributed by atoms with Gasteiger partial charge >= 0.3 is 0 Å². The summed E-state index contributed by atoms with van der Waals surface area (Å²) in [6, 6.07) is 0. The van der Waals surface area contributed by atoms with Gasteiger partial charge in [-0.15, -0.1) is 65.8 Å². The van der Waals surface area contributed by atoms with Crippen LogP contribution in [0.5, 0.6) is 0 Å². The standard InChI is InChI=1S/C6H14O.C2H6O2.5C2H4/c1-5(2)7-6(3)4;3-1-2-4;5*1-2/h5-6H,1-4H3;3-4H,1-2H2;5*1-2H2. The van der Waals surface area contributed by atoms with Crippen molar-refractivity contribution in [2.75, 3.05) is 13.2 Å². The summed E-state index contributed by atoms with van der Waals surface area (Å²) >= 11 is 0. The minimum Gasteiger partial charge on any atom is -0.394 e. The molecule has 0 saturated heterocycles. The maximum atomic E-state index is 7.62. The highest BCUT2D eigenvalue weighted by Crippen LogP contribution is 1.93. The molecule has 0 atom stereocenters. The molecular weight excluding hydrogens is 264 g/mol. The molecule has 0 spiro atoms. The number of aliphatic hydroxyl groups excluding tert-OH is 2. The Labute approximate surface area is 134 Å².